The van der Waals surface area contributed by atoms with Crippen LogP contribution in [0.3, 0.4) is 0 Å². The molecule has 34 heavy (non-hydrogen) atoms. The lowest BCUT2D eigenvalue weighted by Gasteiger charge is -2.34. The molecule has 0 saturated carbocycles. The number of aromatic amines is 1. The number of nitrogens with zero attached hydrogens (tertiary/aromatic N) is 3. The van der Waals surface area contributed by atoms with E-state index >= 15 is 0 Å². The number of nitrogens with one attached hydrogen (secondary N) is 2. The first-order valence-electron chi connectivity index (χ1n) is 10.7. The number of hydrogen-bond acceptors (Lipinski definition) is 7. The van der Waals surface area contributed by atoms with Gasteiger partial charge in [0.2, 0.25) is 5.91 Å². The maximum Gasteiger partial charge on any atom is 0.356 e. The first kappa shape index (κ1) is 23.7. The van der Waals surface area contributed by atoms with Gasteiger partial charge in [-0.15, -0.1) is 0 Å². The average Bonchev–Trinajstić information content (AvgIpc) is 3.17. The molecule has 0 bridgehead atoms. The Kier molecular flexibility index (Phi) is 7.11. The number of anilines is 1. The molecule has 1 amide bonds. The Labute approximate surface area is 200 Å². The summed E-state index contributed by atoms with van der Waals surface area (Å²) in [5, 5.41) is 14.8. The van der Waals surface area contributed by atoms with Crippen LogP contribution in [0, 0.1) is 10.1 Å². The van der Waals surface area contributed by atoms with Crippen LogP contribution in [-0.4, -0.2) is 71.4 Å². The molecule has 1 aliphatic rings. The fourth-order valence-corrected chi connectivity index (χ4v) is 4.19. The summed E-state index contributed by atoms with van der Waals surface area (Å²) in [6.07, 6.45) is 0. The van der Waals surface area contributed by atoms with Crippen molar-refractivity contribution in [3.8, 4) is 0 Å². The number of rotatable bonds is 7. The van der Waals surface area contributed by atoms with E-state index in [9.17, 15) is 19.7 Å². The Morgan fingerprint density at radius 2 is 1.79 bits per heavy atom. The summed E-state index contributed by atoms with van der Waals surface area (Å²) < 4.78 is 4.84. The van der Waals surface area contributed by atoms with Gasteiger partial charge in [-0.3, -0.25) is 24.7 Å². The molecular formula is C23H24ClN5O5. The average molecular weight is 486 g/mol. The van der Waals surface area contributed by atoms with Gasteiger partial charge in [0.25, 0.3) is 5.69 Å². The monoisotopic (exact) mass is 485 g/mol. The summed E-state index contributed by atoms with van der Waals surface area (Å²) >= 11 is 6.11. The summed E-state index contributed by atoms with van der Waals surface area (Å²) in [7, 11) is 1.28. The standard InChI is InChI=1S/C23H24ClN5O5/c1-34-23(31)22-21(18-12-16(24)4-7-19(18)25-22)26-20(30)14-28-10-8-27(9-11-28)13-15-2-5-17(6-3-15)29(32)33/h2-7,12,25H,8-11,13-14H2,1H3,(H,26,30). The number of ether oxygens (including phenoxy) is 1. The molecule has 1 aromatic heterocycles. The number of hydrogen-bond donors (Lipinski definition) is 2. The van der Waals surface area contributed by atoms with Gasteiger partial charge in [0.15, 0.2) is 0 Å². The minimum absolute atomic E-state index is 0.0763. The Hall–Kier alpha value is -3.47. The minimum atomic E-state index is -0.581. The molecular weight excluding hydrogens is 462 g/mol. The zero-order valence-corrected chi connectivity index (χ0v) is 19.3. The number of nitro benzene ring substituents is 1. The van der Waals surface area contributed by atoms with Crippen molar-refractivity contribution in [3.05, 3.63) is 68.9 Å². The van der Waals surface area contributed by atoms with E-state index in [1.165, 1.54) is 19.2 Å². The number of benzene rings is 2. The van der Waals surface area contributed by atoms with Gasteiger partial charge >= 0.3 is 5.97 Å². The molecule has 0 spiro atoms. The quantitative estimate of drug-likeness (QED) is 0.299. The van der Waals surface area contributed by atoms with Crippen LogP contribution >= 0.6 is 11.6 Å². The van der Waals surface area contributed by atoms with E-state index in [-0.39, 0.29) is 23.8 Å². The van der Waals surface area contributed by atoms with Crippen LogP contribution in [0.5, 0.6) is 0 Å². The molecule has 0 aliphatic carbocycles. The second kappa shape index (κ2) is 10.2. The number of nitro groups is 1. The molecule has 0 unspecified atom stereocenters. The van der Waals surface area contributed by atoms with Crippen molar-refractivity contribution in [2.75, 3.05) is 45.2 Å². The van der Waals surface area contributed by atoms with Gasteiger partial charge in [-0.2, -0.15) is 0 Å². The molecule has 0 radical (unpaired) electrons. The third-order valence-corrected chi connectivity index (χ3v) is 6.04. The van der Waals surface area contributed by atoms with Crippen molar-refractivity contribution in [1.29, 1.82) is 0 Å². The highest BCUT2D eigenvalue weighted by molar-refractivity contribution is 6.31. The number of carbonyl (C=O) groups is 2. The van der Waals surface area contributed by atoms with Crippen molar-refractivity contribution >= 4 is 45.8 Å². The predicted octanol–water partition coefficient (Wildman–Crippen LogP) is 3.27. The number of aromatic nitrogens is 1. The van der Waals surface area contributed by atoms with Crippen molar-refractivity contribution < 1.29 is 19.2 Å². The van der Waals surface area contributed by atoms with Gasteiger partial charge in [-0.05, 0) is 23.8 Å². The Balaban J connectivity index is 1.35. The highest BCUT2D eigenvalue weighted by atomic mass is 35.5. The van der Waals surface area contributed by atoms with Crippen molar-refractivity contribution in [2.24, 2.45) is 0 Å². The lowest BCUT2D eigenvalue weighted by molar-refractivity contribution is -0.384. The van der Waals surface area contributed by atoms with Crippen LogP contribution in [0.1, 0.15) is 16.1 Å². The molecule has 10 nitrogen and oxygen atoms in total. The third kappa shape index (κ3) is 5.36. The zero-order valence-electron chi connectivity index (χ0n) is 18.5. The lowest BCUT2D eigenvalue weighted by atomic mass is 10.2. The zero-order chi connectivity index (χ0) is 24.2. The number of fused-ring (bicyclic) bond motifs is 1. The van der Waals surface area contributed by atoms with E-state index in [0.29, 0.717) is 41.2 Å². The van der Waals surface area contributed by atoms with E-state index < -0.39 is 10.9 Å². The molecule has 4 rings (SSSR count). The largest absolute Gasteiger partial charge is 0.464 e. The molecule has 3 aromatic rings. The van der Waals surface area contributed by atoms with Gasteiger partial charge < -0.3 is 15.0 Å². The summed E-state index contributed by atoms with van der Waals surface area (Å²) in [4.78, 5) is 42.7. The first-order chi connectivity index (χ1) is 16.3. The molecule has 2 heterocycles. The van der Waals surface area contributed by atoms with Crippen LogP contribution in [0.2, 0.25) is 5.02 Å². The second-order valence-corrected chi connectivity index (χ2v) is 8.52. The Morgan fingerprint density at radius 3 is 2.44 bits per heavy atom. The molecule has 178 valence electrons. The summed E-state index contributed by atoms with van der Waals surface area (Å²) in [5.74, 6) is -0.822. The molecule has 0 atom stereocenters. The van der Waals surface area contributed by atoms with Crippen LogP contribution in [0.4, 0.5) is 11.4 Å². The summed E-state index contributed by atoms with van der Waals surface area (Å²) in [5.41, 5.74) is 2.27. The summed E-state index contributed by atoms with van der Waals surface area (Å²) in [6, 6.07) is 11.7. The molecule has 1 fully saturated rings. The number of H-pyrrole nitrogens is 1. The fraction of sp³-hybridized carbons (Fsp3) is 0.304. The molecule has 1 aliphatic heterocycles. The molecule has 1 saturated heterocycles. The maximum absolute atomic E-state index is 12.8. The number of non-ortho nitro benzene ring substituents is 1. The summed E-state index contributed by atoms with van der Waals surface area (Å²) in [6.45, 7) is 3.80. The van der Waals surface area contributed by atoms with Crippen LogP contribution < -0.4 is 5.32 Å². The predicted molar refractivity (Wildman–Crippen MR) is 128 cm³/mol. The van der Waals surface area contributed by atoms with Crippen molar-refractivity contribution in [1.82, 2.24) is 14.8 Å². The van der Waals surface area contributed by atoms with Gasteiger partial charge in [-0.25, -0.2) is 4.79 Å². The lowest BCUT2D eigenvalue weighted by Crippen LogP contribution is -2.48. The van der Waals surface area contributed by atoms with E-state index in [4.69, 9.17) is 16.3 Å². The van der Waals surface area contributed by atoms with Gasteiger partial charge in [0.1, 0.15) is 5.69 Å². The topological polar surface area (TPSA) is 121 Å². The first-order valence-corrected chi connectivity index (χ1v) is 11.1. The number of esters is 1. The van der Waals surface area contributed by atoms with Gasteiger partial charge in [0, 0.05) is 60.8 Å². The number of halogens is 1. The normalized spacial score (nSPS) is 14.8. The maximum atomic E-state index is 12.8. The van der Waals surface area contributed by atoms with E-state index in [1.54, 1.807) is 30.3 Å². The SMILES string of the molecule is COC(=O)c1[nH]c2ccc(Cl)cc2c1NC(=O)CN1CCN(Cc2ccc([N+](=O)[O-])cc2)CC1. The number of piperazine rings is 1. The fourth-order valence-electron chi connectivity index (χ4n) is 4.02. The van der Waals surface area contributed by atoms with E-state index in [0.717, 1.165) is 18.7 Å². The third-order valence-electron chi connectivity index (χ3n) is 5.80. The van der Waals surface area contributed by atoms with Crippen LogP contribution in [0.25, 0.3) is 10.9 Å². The Bertz CT molecular complexity index is 1220. The van der Waals surface area contributed by atoms with Crippen LogP contribution in [-0.2, 0) is 16.1 Å². The van der Waals surface area contributed by atoms with Gasteiger partial charge in [0.05, 0.1) is 24.3 Å². The smallest absolute Gasteiger partial charge is 0.356 e. The number of methoxy groups -OCH3 is 1. The number of carbonyl (C=O) groups excluding carboxylic acids is 2. The molecule has 2 N–H and O–H groups in total. The van der Waals surface area contributed by atoms with E-state index in [1.807, 2.05) is 4.90 Å². The second-order valence-electron chi connectivity index (χ2n) is 8.08. The highest BCUT2D eigenvalue weighted by Gasteiger charge is 2.23. The number of amides is 1. The Morgan fingerprint density at radius 1 is 1.12 bits per heavy atom. The molecule has 11 heteroatoms. The van der Waals surface area contributed by atoms with E-state index in [2.05, 4.69) is 15.2 Å². The van der Waals surface area contributed by atoms with Crippen molar-refractivity contribution in [3.63, 3.8) is 0 Å². The van der Waals surface area contributed by atoms with Gasteiger partial charge in [-0.1, -0.05) is 23.7 Å². The minimum Gasteiger partial charge on any atom is -0.464 e. The van der Waals surface area contributed by atoms with Crippen LogP contribution in [0.15, 0.2) is 42.5 Å². The highest BCUT2D eigenvalue weighted by Crippen LogP contribution is 2.30. The van der Waals surface area contributed by atoms with Crippen molar-refractivity contribution in [2.45, 2.75) is 6.54 Å². The molecule has 2 aromatic carbocycles.